The first-order valence-corrected chi connectivity index (χ1v) is 27.4. The van der Waals surface area contributed by atoms with Gasteiger partial charge < -0.3 is 18.9 Å². The van der Waals surface area contributed by atoms with Crippen molar-refractivity contribution < 1.29 is 42.1 Å². The van der Waals surface area contributed by atoms with Crippen molar-refractivity contribution >= 4 is 19.8 Å². The van der Waals surface area contributed by atoms with Crippen LogP contribution in [-0.4, -0.2) is 74.9 Å². The molecule has 0 aliphatic heterocycles. The predicted octanol–water partition coefficient (Wildman–Crippen LogP) is 15.4. The summed E-state index contributed by atoms with van der Waals surface area (Å²) < 4.78 is 34.4. The second kappa shape index (κ2) is 45.1. The van der Waals surface area contributed by atoms with E-state index < -0.39 is 32.5 Å². The summed E-state index contributed by atoms with van der Waals surface area (Å²) in [4.78, 5) is 35.5. The number of allylic oxidation sites excluding steroid dienone is 8. The lowest BCUT2D eigenvalue weighted by Crippen LogP contribution is -2.37. The SMILES string of the molecule is CCCCC/C=C/C/C=C/C/C=C/C/C=C/CCCCCC(=O)OC[C@H](COP(=O)(O)OCC[N+](C)(C)C)OC(=O)CCCCCCCCCCCCCCCCCCCCCC. The second-order valence-electron chi connectivity index (χ2n) is 18.6. The Hall–Kier alpha value is -2.03. The number of quaternary nitrogens is 1. The Morgan fingerprint density at radius 2 is 0.857 bits per heavy atom. The highest BCUT2D eigenvalue weighted by atomic mass is 31.2. The molecule has 0 saturated carbocycles. The largest absolute Gasteiger partial charge is 0.472 e. The van der Waals surface area contributed by atoms with E-state index in [1.807, 2.05) is 21.1 Å². The molecule has 10 heteroatoms. The van der Waals surface area contributed by atoms with E-state index in [1.54, 1.807) is 0 Å². The van der Waals surface area contributed by atoms with E-state index in [4.69, 9.17) is 18.5 Å². The van der Waals surface area contributed by atoms with Crippen molar-refractivity contribution in [1.29, 1.82) is 0 Å². The fourth-order valence-electron chi connectivity index (χ4n) is 7.06. The first-order valence-electron chi connectivity index (χ1n) is 25.9. The predicted molar refractivity (Wildman–Crippen MR) is 266 cm³/mol. The maximum absolute atomic E-state index is 12.8. The van der Waals surface area contributed by atoms with Crippen LogP contribution < -0.4 is 0 Å². The third-order valence-corrected chi connectivity index (χ3v) is 12.1. The zero-order valence-corrected chi connectivity index (χ0v) is 42.5. The molecule has 0 fully saturated rings. The summed E-state index contributed by atoms with van der Waals surface area (Å²) in [6.45, 7) is 4.39. The summed E-state index contributed by atoms with van der Waals surface area (Å²) in [5.74, 6) is -0.827. The van der Waals surface area contributed by atoms with Crippen molar-refractivity contribution in [3.05, 3.63) is 48.6 Å². The smallest absolute Gasteiger partial charge is 0.462 e. The van der Waals surface area contributed by atoms with E-state index in [9.17, 15) is 19.0 Å². The molecular weight excluding hydrogens is 810 g/mol. The molecule has 0 amide bonds. The van der Waals surface area contributed by atoms with E-state index in [0.29, 0.717) is 23.9 Å². The maximum Gasteiger partial charge on any atom is 0.472 e. The Kier molecular flexibility index (Phi) is 43.7. The average molecular weight is 909 g/mol. The number of nitrogens with zero attached hydrogens (tertiary/aromatic N) is 1. The minimum Gasteiger partial charge on any atom is -0.462 e. The van der Waals surface area contributed by atoms with E-state index >= 15 is 0 Å². The molecule has 0 bridgehead atoms. The van der Waals surface area contributed by atoms with Gasteiger partial charge in [0.2, 0.25) is 0 Å². The highest BCUT2D eigenvalue weighted by molar-refractivity contribution is 7.47. The van der Waals surface area contributed by atoms with Gasteiger partial charge in [-0.2, -0.15) is 0 Å². The van der Waals surface area contributed by atoms with E-state index in [0.717, 1.165) is 51.4 Å². The summed E-state index contributed by atoms with van der Waals surface area (Å²) >= 11 is 0. The number of unbranched alkanes of at least 4 members (excludes halogenated alkanes) is 25. The van der Waals surface area contributed by atoms with Crippen molar-refractivity contribution in [2.75, 3.05) is 47.5 Å². The summed E-state index contributed by atoms with van der Waals surface area (Å²) in [6, 6.07) is 0. The highest BCUT2D eigenvalue weighted by Crippen LogP contribution is 2.43. The molecular formula is C53H99NO8P+. The first kappa shape index (κ1) is 61.0. The topological polar surface area (TPSA) is 108 Å². The van der Waals surface area contributed by atoms with Crippen LogP contribution in [0.1, 0.15) is 226 Å². The van der Waals surface area contributed by atoms with Gasteiger partial charge in [0, 0.05) is 12.8 Å². The summed E-state index contributed by atoms with van der Waals surface area (Å²) in [6.07, 6.45) is 54.5. The number of rotatable bonds is 47. The zero-order chi connectivity index (χ0) is 46.4. The molecule has 368 valence electrons. The van der Waals surface area contributed by atoms with Gasteiger partial charge >= 0.3 is 19.8 Å². The van der Waals surface area contributed by atoms with Crippen LogP contribution in [0.2, 0.25) is 0 Å². The number of hydrogen-bond donors (Lipinski definition) is 1. The lowest BCUT2D eigenvalue weighted by molar-refractivity contribution is -0.870. The molecule has 0 aromatic rings. The molecule has 0 aromatic carbocycles. The molecule has 2 atom stereocenters. The van der Waals surface area contributed by atoms with Crippen molar-refractivity contribution in [3.8, 4) is 0 Å². The van der Waals surface area contributed by atoms with Crippen LogP contribution in [0.25, 0.3) is 0 Å². The highest BCUT2D eigenvalue weighted by Gasteiger charge is 2.27. The molecule has 63 heavy (non-hydrogen) atoms. The van der Waals surface area contributed by atoms with Crippen LogP contribution in [-0.2, 0) is 32.7 Å². The Bertz CT molecular complexity index is 1210. The Morgan fingerprint density at radius 3 is 1.30 bits per heavy atom. The minimum absolute atomic E-state index is 0.0264. The first-order chi connectivity index (χ1) is 30.5. The zero-order valence-electron chi connectivity index (χ0n) is 41.6. The van der Waals surface area contributed by atoms with E-state index in [1.165, 1.54) is 135 Å². The quantitative estimate of drug-likeness (QED) is 0.0211. The lowest BCUT2D eigenvalue weighted by atomic mass is 10.0. The molecule has 0 aromatic heterocycles. The summed E-state index contributed by atoms with van der Waals surface area (Å²) in [7, 11) is 1.46. The number of likely N-dealkylation sites (N-methyl/N-ethyl adjacent to an activating group) is 1. The molecule has 1 N–H and O–H groups in total. The van der Waals surface area contributed by atoms with Crippen molar-refractivity contribution in [3.63, 3.8) is 0 Å². The van der Waals surface area contributed by atoms with Gasteiger partial charge in [-0.05, 0) is 57.8 Å². The summed E-state index contributed by atoms with van der Waals surface area (Å²) in [5.41, 5.74) is 0. The Balaban J connectivity index is 4.30. The Morgan fingerprint density at radius 1 is 0.492 bits per heavy atom. The van der Waals surface area contributed by atoms with Gasteiger partial charge in [-0.25, -0.2) is 4.57 Å². The fraction of sp³-hybridized carbons (Fsp3) is 0.811. The van der Waals surface area contributed by atoms with Gasteiger partial charge in [0.05, 0.1) is 27.7 Å². The number of hydrogen-bond acceptors (Lipinski definition) is 7. The lowest BCUT2D eigenvalue weighted by Gasteiger charge is -2.24. The Labute approximate surface area is 388 Å². The van der Waals surface area contributed by atoms with Crippen LogP contribution in [0.15, 0.2) is 48.6 Å². The van der Waals surface area contributed by atoms with Gasteiger partial charge in [-0.1, -0.05) is 204 Å². The van der Waals surface area contributed by atoms with Gasteiger partial charge in [0.25, 0.3) is 0 Å². The number of phosphoric acid groups is 1. The van der Waals surface area contributed by atoms with E-state index in [2.05, 4.69) is 62.5 Å². The summed E-state index contributed by atoms with van der Waals surface area (Å²) in [5, 5.41) is 0. The molecule has 1 unspecified atom stereocenters. The van der Waals surface area contributed by atoms with Crippen LogP contribution >= 0.6 is 7.82 Å². The number of phosphoric ester groups is 1. The molecule has 0 radical (unpaired) electrons. The van der Waals surface area contributed by atoms with Crippen LogP contribution in [0.5, 0.6) is 0 Å². The molecule has 0 aliphatic carbocycles. The van der Waals surface area contributed by atoms with Gasteiger partial charge in [0.1, 0.15) is 19.8 Å². The van der Waals surface area contributed by atoms with Gasteiger partial charge in [0.15, 0.2) is 6.10 Å². The second-order valence-corrected chi connectivity index (χ2v) is 20.0. The number of esters is 2. The standard InChI is InChI=1S/C53H98NO8P/c1-6-8-10-12-14-16-18-20-22-24-26-28-30-32-34-36-38-40-42-44-46-53(56)62-51(50-61-63(57,58)60-48-47-54(3,4)5)49-59-52(55)45-43-41-39-37-35-33-31-29-27-25-23-21-19-17-15-13-11-9-7-2/h15,17,21,23,27,29,33,35,51H,6-14,16,18-20,22,24-26,28,30-32,34,36-50H2,1-5H3/p+1/b17-15+,23-21+,29-27+,35-33+/t51-/m1/s1. The third kappa shape index (κ3) is 49.2. The van der Waals surface area contributed by atoms with Gasteiger partial charge in [-0.15, -0.1) is 0 Å². The van der Waals surface area contributed by atoms with Crippen molar-refractivity contribution in [1.82, 2.24) is 0 Å². The van der Waals surface area contributed by atoms with Crippen LogP contribution in [0, 0.1) is 0 Å². The van der Waals surface area contributed by atoms with Crippen LogP contribution in [0.4, 0.5) is 0 Å². The molecule has 0 rings (SSSR count). The molecule has 0 aliphatic rings. The third-order valence-electron chi connectivity index (χ3n) is 11.1. The molecule has 9 nitrogen and oxygen atoms in total. The molecule has 0 heterocycles. The maximum atomic E-state index is 12.8. The fourth-order valence-corrected chi connectivity index (χ4v) is 7.80. The average Bonchev–Trinajstić information content (AvgIpc) is 3.24. The number of carbonyl (C=O) groups excluding carboxylic acids is 2. The van der Waals surface area contributed by atoms with Crippen LogP contribution in [0.3, 0.4) is 0 Å². The molecule has 0 spiro atoms. The van der Waals surface area contributed by atoms with E-state index in [-0.39, 0.29) is 26.1 Å². The number of ether oxygens (including phenoxy) is 2. The van der Waals surface area contributed by atoms with Crippen molar-refractivity contribution in [2.45, 2.75) is 232 Å². The van der Waals surface area contributed by atoms with Gasteiger partial charge in [-0.3, -0.25) is 18.6 Å². The van der Waals surface area contributed by atoms with Crippen molar-refractivity contribution in [2.24, 2.45) is 0 Å². The monoisotopic (exact) mass is 909 g/mol. The minimum atomic E-state index is -4.39. The number of carbonyl (C=O) groups is 2. The normalized spacial score (nSPS) is 13.8. The molecule has 0 saturated heterocycles.